The van der Waals surface area contributed by atoms with E-state index in [1.54, 1.807) is 0 Å². The number of rotatable bonds is 10. The van der Waals surface area contributed by atoms with Crippen LogP contribution in [-0.4, -0.2) is 22.5 Å². The minimum atomic E-state index is -0.690. The first-order chi connectivity index (χ1) is 11.2. The Bertz CT molecular complexity index is 501. The van der Waals surface area contributed by atoms with Crippen molar-refractivity contribution in [3.63, 3.8) is 0 Å². The van der Waals surface area contributed by atoms with Crippen LogP contribution in [0, 0.1) is 11.8 Å². The molecule has 0 aliphatic heterocycles. The molecule has 2 atom stereocenters. The Balaban J connectivity index is 1.68. The lowest BCUT2D eigenvalue weighted by atomic mass is 9.91. The number of aliphatic carboxylic acids is 1. The molecular formula is C19H26O3S. The standard InChI is InChI=1S/C19H26O3S/c20-19(21)11-7-2-1-4-8-15-12-13-18(23)17(15)14-22-16-9-5-3-6-10-16/h3,5-6,9-10,15,17H,1-2,4,7-8,11-14H2,(H,20,21)/t15-,17+/m0/s1. The third-order valence-corrected chi connectivity index (χ3v) is 5.14. The normalized spacial score (nSPS) is 20.6. The molecule has 1 aromatic carbocycles. The van der Waals surface area contributed by atoms with Crippen molar-refractivity contribution in [2.45, 2.75) is 51.4 Å². The first-order valence-corrected chi connectivity index (χ1v) is 9.00. The molecule has 1 saturated carbocycles. The number of benzene rings is 1. The number of carboxylic acids is 1. The second-order valence-electron chi connectivity index (χ2n) is 6.34. The SMILES string of the molecule is O=C(O)CCCCCC[C@H]1CCC(=S)[C@@H]1COc1ccccc1. The molecule has 1 aromatic rings. The van der Waals surface area contributed by atoms with E-state index in [1.807, 2.05) is 30.3 Å². The van der Waals surface area contributed by atoms with Crippen LogP contribution in [0.1, 0.15) is 51.4 Å². The highest BCUT2D eigenvalue weighted by atomic mass is 32.1. The van der Waals surface area contributed by atoms with Gasteiger partial charge in [-0.15, -0.1) is 0 Å². The Labute approximate surface area is 144 Å². The van der Waals surface area contributed by atoms with E-state index >= 15 is 0 Å². The quantitative estimate of drug-likeness (QED) is 0.489. The Kier molecular flexibility index (Phi) is 7.53. The maximum atomic E-state index is 10.5. The second-order valence-corrected chi connectivity index (χ2v) is 6.87. The maximum absolute atomic E-state index is 10.5. The van der Waals surface area contributed by atoms with Gasteiger partial charge in [0.15, 0.2) is 0 Å². The van der Waals surface area contributed by atoms with Gasteiger partial charge in [-0.25, -0.2) is 0 Å². The predicted octanol–water partition coefficient (Wildman–Crippen LogP) is 4.89. The smallest absolute Gasteiger partial charge is 0.303 e. The number of unbranched alkanes of at least 4 members (excludes halogenated alkanes) is 3. The molecule has 1 aliphatic rings. The van der Waals surface area contributed by atoms with Gasteiger partial charge in [0.05, 0.1) is 6.61 Å². The third kappa shape index (κ3) is 6.30. The average Bonchev–Trinajstić information content (AvgIpc) is 2.89. The van der Waals surface area contributed by atoms with E-state index in [2.05, 4.69) is 0 Å². The molecular weight excluding hydrogens is 308 g/mol. The first-order valence-electron chi connectivity index (χ1n) is 8.59. The highest BCUT2D eigenvalue weighted by Crippen LogP contribution is 2.34. The number of thiocarbonyl (C=S) groups is 1. The van der Waals surface area contributed by atoms with Crippen LogP contribution >= 0.6 is 12.2 Å². The average molecular weight is 334 g/mol. The van der Waals surface area contributed by atoms with Gasteiger partial charge in [-0.1, -0.05) is 49.7 Å². The summed E-state index contributed by atoms with van der Waals surface area (Å²) in [6, 6.07) is 9.92. The van der Waals surface area contributed by atoms with Gasteiger partial charge in [0.2, 0.25) is 0 Å². The summed E-state index contributed by atoms with van der Waals surface area (Å²) in [5.41, 5.74) is 0. The van der Waals surface area contributed by atoms with Gasteiger partial charge >= 0.3 is 5.97 Å². The van der Waals surface area contributed by atoms with Crippen molar-refractivity contribution in [2.75, 3.05) is 6.61 Å². The molecule has 1 aliphatic carbocycles. The number of carbonyl (C=O) groups is 1. The van der Waals surface area contributed by atoms with E-state index in [1.165, 1.54) is 12.8 Å². The summed E-state index contributed by atoms with van der Waals surface area (Å²) in [7, 11) is 0. The molecule has 3 nitrogen and oxygen atoms in total. The number of ether oxygens (including phenoxy) is 1. The molecule has 0 unspecified atom stereocenters. The van der Waals surface area contributed by atoms with Crippen LogP contribution < -0.4 is 4.74 Å². The van der Waals surface area contributed by atoms with Crippen molar-refractivity contribution in [1.29, 1.82) is 0 Å². The zero-order chi connectivity index (χ0) is 16.5. The van der Waals surface area contributed by atoms with E-state index in [0.29, 0.717) is 24.9 Å². The fourth-order valence-corrected chi connectivity index (χ4v) is 3.67. The molecule has 0 amide bonds. The zero-order valence-corrected chi connectivity index (χ0v) is 14.4. The van der Waals surface area contributed by atoms with Gasteiger partial charge in [-0.05, 0) is 48.6 Å². The van der Waals surface area contributed by atoms with Crippen LogP contribution in [0.2, 0.25) is 0 Å². The summed E-state index contributed by atoms with van der Waals surface area (Å²) in [4.78, 5) is 11.6. The molecule has 23 heavy (non-hydrogen) atoms. The monoisotopic (exact) mass is 334 g/mol. The largest absolute Gasteiger partial charge is 0.493 e. The van der Waals surface area contributed by atoms with E-state index in [-0.39, 0.29) is 0 Å². The number of para-hydroxylation sites is 1. The van der Waals surface area contributed by atoms with Crippen molar-refractivity contribution in [2.24, 2.45) is 11.8 Å². The minimum Gasteiger partial charge on any atom is -0.493 e. The Hall–Kier alpha value is -1.42. The molecule has 0 spiro atoms. The van der Waals surface area contributed by atoms with Crippen LogP contribution in [0.15, 0.2) is 30.3 Å². The lowest BCUT2D eigenvalue weighted by Gasteiger charge is -2.20. The van der Waals surface area contributed by atoms with E-state index in [4.69, 9.17) is 22.1 Å². The van der Waals surface area contributed by atoms with Crippen LogP contribution in [-0.2, 0) is 4.79 Å². The molecule has 0 radical (unpaired) electrons. The fraction of sp³-hybridized carbons (Fsp3) is 0.579. The molecule has 0 heterocycles. The number of carboxylic acid groups (broad SMARTS) is 1. The van der Waals surface area contributed by atoms with Gasteiger partial charge in [0.25, 0.3) is 0 Å². The molecule has 0 saturated heterocycles. The van der Waals surface area contributed by atoms with E-state index < -0.39 is 5.97 Å². The molecule has 2 rings (SSSR count). The van der Waals surface area contributed by atoms with Crippen LogP contribution in [0.3, 0.4) is 0 Å². The lowest BCUT2D eigenvalue weighted by molar-refractivity contribution is -0.137. The third-order valence-electron chi connectivity index (χ3n) is 4.63. The van der Waals surface area contributed by atoms with Crippen molar-refractivity contribution >= 4 is 23.1 Å². The van der Waals surface area contributed by atoms with Crippen LogP contribution in [0.4, 0.5) is 0 Å². The van der Waals surface area contributed by atoms with Crippen molar-refractivity contribution < 1.29 is 14.6 Å². The van der Waals surface area contributed by atoms with Crippen molar-refractivity contribution in [3.05, 3.63) is 30.3 Å². The second kappa shape index (κ2) is 9.66. The Morgan fingerprint density at radius 3 is 2.65 bits per heavy atom. The highest BCUT2D eigenvalue weighted by molar-refractivity contribution is 7.80. The minimum absolute atomic E-state index is 0.293. The van der Waals surface area contributed by atoms with E-state index in [0.717, 1.165) is 42.7 Å². The summed E-state index contributed by atoms with van der Waals surface area (Å²) in [6.45, 7) is 0.687. The van der Waals surface area contributed by atoms with Gasteiger partial charge in [0, 0.05) is 12.3 Å². The summed E-state index contributed by atoms with van der Waals surface area (Å²) in [6.07, 6.45) is 7.76. The predicted molar refractivity (Wildman–Crippen MR) is 96.1 cm³/mol. The number of hydrogen-bond donors (Lipinski definition) is 1. The first kappa shape index (κ1) is 17.9. The molecule has 1 fully saturated rings. The van der Waals surface area contributed by atoms with Crippen LogP contribution in [0.25, 0.3) is 0 Å². The summed E-state index contributed by atoms with van der Waals surface area (Å²) in [5.74, 6) is 1.24. The van der Waals surface area contributed by atoms with Crippen molar-refractivity contribution in [3.8, 4) is 5.75 Å². The van der Waals surface area contributed by atoms with Crippen LogP contribution in [0.5, 0.6) is 5.75 Å². The maximum Gasteiger partial charge on any atom is 0.303 e. The van der Waals surface area contributed by atoms with Gasteiger partial charge in [-0.3, -0.25) is 4.79 Å². The summed E-state index contributed by atoms with van der Waals surface area (Å²) in [5, 5.41) is 8.63. The van der Waals surface area contributed by atoms with Gasteiger partial charge in [0.1, 0.15) is 5.75 Å². The fourth-order valence-electron chi connectivity index (χ4n) is 3.29. The molecule has 4 heteroatoms. The highest BCUT2D eigenvalue weighted by Gasteiger charge is 2.31. The summed E-state index contributed by atoms with van der Waals surface area (Å²) >= 11 is 5.54. The molecule has 126 valence electrons. The number of hydrogen-bond acceptors (Lipinski definition) is 3. The Morgan fingerprint density at radius 2 is 1.91 bits per heavy atom. The molecule has 0 bridgehead atoms. The van der Waals surface area contributed by atoms with Gasteiger partial charge in [-0.2, -0.15) is 0 Å². The topological polar surface area (TPSA) is 46.5 Å². The Morgan fingerprint density at radius 1 is 1.17 bits per heavy atom. The van der Waals surface area contributed by atoms with E-state index in [9.17, 15) is 4.79 Å². The van der Waals surface area contributed by atoms with Gasteiger partial charge < -0.3 is 9.84 Å². The molecule has 1 N–H and O–H groups in total. The van der Waals surface area contributed by atoms with Crippen molar-refractivity contribution in [1.82, 2.24) is 0 Å². The summed E-state index contributed by atoms with van der Waals surface area (Å²) < 4.78 is 5.91. The lowest BCUT2D eigenvalue weighted by Crippen LogP contribution is -2.21. The molecule has 0 aromatic heterocycles. The zero-order valence-electron chi connectivity index (χ0n) is 13.6.